The Hall–Kier alpha value is -3.73. The lowest BCUT2D eigenvalue weighted by Crippen LogP contribution is -2.49. The van der Waals surface area contributed by atoms with Crippen LogP contribution < -0.4 is 5.32 Å². The highest BCUT2D eigenvalue weighted by Crippen LogP contribution is 2.38. The van der Waals surface area contributed by atoms with E-state index in [1.165, 1.54) is 7.11 Å². The van der Waals surface area contributed by atoms with Gasteiger partial charge >= 0.3 is 6.09 Å². The average molecular weight is 595 g/mol. The number of methoxy groups -OCH3 is 1. The van der Waals surface area contributed by atoms with Crippen molar-refractivity contribution in [3.8, 4) is 0 Å². The summed E-state index contributed by atoms with van der Waals surface area (Å²) in [7, 11) is 3.38. The van der Waals surface area contributed by atoms with E-state index in [0.717, 1.165) is 28.0 Å². The van der Waals surface area contributed by atoms with Crippen LogP contribution in [0, 0.1) is 0 Å². The number of aryl methyl sites for hydroxylation is 1. The van der Waals surface area contributed by atoms with Gasteiger partial charge in [-0.05, 0) is 67.3 Å². The number of halogens is 1. The number of amides is 2. The largest absolute Gasteiger partial charge is 0.447 e. The molecule has 11 heteroatoms. The van der Waals surface area contributed by atoms with E-state index in [0.29, 0.717) is 31.2 Å². The molecule has 1 N–H and O–H groups in total. The van der Waals surface area contributed by atoms with Gasteiger partial charge < -0.3 is 24.3 Å². The molecule has 42 heavy (non-hydrogen) atoms. The Morgan fingerprint density at radius 3 is 2.48 bits per heavy atom. The fraction of sp³-hybridized carbons (Fsp3) is 0.419. The van der Waals surface area contributed by atoms with Gasteiger partial charge in [-0.1, -0.05) is 23.7 Å². The fourth-order valence-electron chi connectivity index (χ4n) is 5.16. The zero-order chi connectivity index (χ0) is 30.2. The van der Waals surface area contributed by atoms with Gasteiger partial charge in [0.05, 0.1) is 30.4 Å². The second-order valence-corrected chi connectivity index (χ2v) is 11.0. The van der Waals surface area contributed by atoms with E-state index >= 15 is 0 Å². The summed E-state index contributed by atoms with van der Waals surface area (Å²) in [5.74, 6) is -0.262. The summed E-state index contributed by atoms with van der Waals surface area (Å²) in [6, 6.07) is 9.13. The number of nitrogens with one attached hydrogen (secondary N) is 1. The number of hydrogen-bond donors (Lipinski definition) is 1. The van der Waals surface area contributed by atoms with Crippen LogP contribution in [-0.2, 0) is 21.3 Å². The lowest BCUT2D eigenvalue weighted by atomic mass is 9.88. The number of carbonyl (C=O) groups excluding carboxylic acids is 2. The highest BCUT2D eigenvalue weighted by Gasteiger charge is 2.30. The highest BCUT2D eigenvalue weighted by molar-refractivity contribution is 6.30. The number of benzene rings is 1. The molecule has 0 saturated carbocycles. The smallest absolute Gasteiger partial charge is 0.410 e. The lowest BCUT2D eigenvalue weighted by molar-refractivity contribution is -0.125. The van der Waals surface area contributed by atoms with E-state index in [1.807, 2.05) is 61.9 Å². The van der Waals surface area contributed by atoms with Crippen molar-refractivity contribution in [1.82, 2.24) is 29.7 Å². The molecule has 0 bridgehead atoms. The van der Waals surface area contributed by atoms with Crippen LogP contribution in [0.4, 0.5) is 4.79 Å². The predicted octanol–water partition coefficient (Wildman–Crippen LogP) is 4.74. The first-order valence-electron chi connectivity index (χ1n) is 14.0. The highest BCUT2D eigenvalue weighted by atomic mass is 35.5. The number of piperazine rings is 1. The number of hydrogen-bond acceptors (Lipinski definition) is 7. The topological polar surface area (TPSA) is 102 Å². The minimum Gasteiger partial charge on any atom is -0.447 e. The molecular weight excluding hydrogens is 556 g/mol. The molecular formula is C31H39ClN6O4. The molecule has 2 aromatic heterocycles. The van der Waals surface area contributed by atoms with E-state index in [1.54, 1.807) is 29.8 Å². The number of ether oxygens (including phenoxy) is 2. The van der Waals surface area contributed by atoms with E-state index in [4.69, 9.17) is 21.1 Å². The molecule has 1 aromatic carbocycles. The Labute approximate surface area is 252 Å². The van der Waals surface area contributed by atoms with E-state index in [9.17, 15) is 9.59 Å². The van der Waals surface area contributed by atoms with Gasteiger partial charge in [-0.3, -0.25) is 14.7 Å². The monoisotopic (exact) mass is 594 g/mol. The third-order valence-electron chi connectivity index (χ3n) is 7.28. The third kappa shape index (κ3) is 7.76. The number of carbonyl (C=O) groups is 2. The Balaban J connectivity index is 1.76. The van der Waals surface area contributed by atoms with Crippen LogP contribution in [0.1, 0.15) is 55.2 Å². The van der Waals surface area contributed by atoms with Crippen LogP contribution in [0.15, 0.2) is 55.2 Å². The Morgan fingerprint density at radius 1 is 1.10 bits per heavy atom. The molecule has 1 aliphatic heterocycles. The molecule has 1 aliphatic rings. The molecule has 4 rings (SSSR count). The fourth-order valence-corrected chi connectivity index (χ4v) is 5.33. The van der Waals surface area contributed by atoms with Crippen molar-refractivity contribution in [2.45, 2.75) is 39.0 Å². The summed E-state index contributed by atoms with van der Waals surface area (Å²) in [6.45, 7) is 8.29. The van der Waals surface area contributed by atoms with Crippen molar-refractivity contribution in [1.29, 1.82) is 0 Å². The first-order chi connectivity index (χ1) is 20.2. The molecule has 2 amide bonds. The molecule has 224 valence electrons. The minimum absolute atomic E-state index is 0.0142. The van der Waals surface area contributed by atoms with Crippen molar-refractivity contribution in [3.05, 3.63) is 82.7 Å². The van der Waals surface area contributed by atoms with Gasteiger partial charge in [0.25, 0.3) is 0 Å². The molecule has 0 radical (unpaired) electrons. The van der Waals surface area contributed by atoms with E-state index < -0.39 is 6.04 Å². The normalized spacial score (nSPS) is 15.9. The summed E-state index contributed by atoms with van der Waals surface area (Å²) < 4.78 is 12.4. The maximum atomic E-state index is 13.0. The summed E-state index contributed by atoms with van der Waals surface area (Å²) in [5, 5.41) is 3.73. The van der Waals surface area contributed by atoms with Crippen molar-refractivity contribution < 1.29 is 19.1 Å². The van der Waals surface area contributed by atoms with Crippen molar-refractivity contribution in [3.63, 3.8) is 0 Å². The summed E-state index contributed by atoms with van der Waals surface area (Å²) >= 11 is 6.63. The number of nitrogens with zero attached hydrogens (tertiary/aromatic N) is 5. The average Bonchev–Trinajstić information content (AvgIpc) is 3.40. The van der Waals surface area contributed by atoms with Gasteiger partial charge in [0.15, 0.2) is 0 Å². The third-order valence-corrected chi connectivity index (χ3v) is 7.52. The van der Waals surface area contributed by atoms with Crippen LogP contribution in [0.25, 0.3) is 11.6 Å². The summed E-state index contributed by atoms with van der Waals surface area (Å²) in [6.07, 6.45) is 8.54. The van der Waals surface area contributed by atoms with Gasteiger partial charge in [0, 0.05) is 63.8 Å². The SMILES string of the molecule is COCC(=O)N[C@H](/C(=C/c1cccnc1)c1cc(Cl)ccc1[C@@H](C)N1CCN(C(=O)OC(C)C)CC1)c1cncn1C. The Bertz CT molecular complexity index is 1390. The minimum atomic E-state index is -0.563. The number of rotatable bonds is 10. The van der Waals surface area contributed by atoms with Crippen LogP contribution in [0.2, 0.25) is 5.02 Å². The molecule has 0 aliphatic carbocycles. The molecule has 3 heterocycles. The first-order valence-corrected chi connectivity index (χ1v) is 14.4. The molecule has 2 atom stereocenters. The molecule has 1 fully saturated rings. The maximum Gasteiger partial charge on any atom is 0.410 e. The second kappa shape index (κ2) is 14.4. The van der Waals surface area contributed by atoms with Crippen LogP contribution in [-0.4, -0.2) is 82.3 Å². The van der Waals surface area contributed by atoms with E-state index in [2.05, 4.69) is 27.1 Å². The van der Waals surface area contributed by atoms with Crippen molar-refractivity contribution in [2.75, 3.05) is 39.9 Å². The predicted molar refractivity (Wildman–Crippen MR) is 163 cm³/mol. The number of imidazole rings is 1. The molecule has 0 unspecified atom stereocenters. The summed E-state index contributed by atoms with van der Waals surface area (Å²) in [4.78, 5) is 38.1. The van der Waals surface area contributed by atoms with Gasteiger partial charge in [-0.2, -0.15) is 0 Å². The van der Waals surface area contributed by atoms with Gasteiger partial charge in [-0.25, -0.2) is 9.78 Å². The summed E-state index contributed by atoms with van der Waals surface area (Å²) in [5.41, 5.74) is 4.44. The zero-order valence-corrected chi connectivity index (χ0v) is 25.5. The maximum absolute atomic E-state index is 13.0. The number of pyridine rings is 1. The Kier molecular flexibility index (Phi) is 10.7. The van der Waals surface area contributed by atoms with Crippen LogP contribution >= 0.6 is 11.6 Å². The Morgan fingerprint density at radius 2 is 1.86 bits per heavy atom. The molecule has 1 saturated heterocycles. The van der Waals surface area contributed by atoms with Crippen molar-refractivity contribution in [2.24, 2.45) is 7.05 Å². The van der Waals surface area contributed by atoms with Crippen molar-refractivity contribution >= 4 is 35.3 Å². The van der Waals surface area contributed by atoms with Gasteiger partial charge in [0.1, 0.15) is 6.61 Å². The van der Waals surface area contributed by atoms with Gasteiger partial charge in [-0.15, -0.1) is 0 Å². The molecule has 0 spiro atoms. The standard InChI is InChI=1S/C31H39ClN6O4/c1-21(2)42-31(40)38-13-11-37(12-14-38)22(3)25-9-8-24(32)16-26(25)27(15-23-7-6-10-33-17-23)30(35-29(39)19-41-5)28-18-34-20-36(28)4/h6-10,15-18,20-22,30H,11-14,19H2,1-5H3,(H,35,39)/b27-15+/t22-,30-/m1/s1. The zero-order valence-electron chi connectivity index (χ0n) is 24.8. The number of aromatic nitrogens is 3. The van der Waals surface area contributed by atoms with Crippen LogP contribution in [0.3, 0.4) is 0 Å². The molecule has 10 nitrogen and oxygen atoms in total. The quantitative estimate of drug-likeness (QED) is 0.362. The van der Waals surface area contributed by atoms with E-state index in [-0.39, 0.29) is 30.8 Å². The first kappa shape index (κ1) is 31.2. The van der Waals surface area contributed by atoms with Gasteiger partial charge in [0.2, 0.25) is 5.91 Å². The lowest BCUT2D eigenvalue weighted by Gasteiger charge is -2.38. The second-order valence-electron chi connectivity index (χ2n) is 10.6. The van der Waals surface area contributed by atoms with Crippen LogP contribution in [0.5, 0.6) is 0 Å². The molecule has 3 aromatic rings.